The Morgan fingerprint density at radius 2 is 1.33 bits per heavy atom. The van der Waals surface area contributed by atoms with E-state index in [1.54, 1.807) is 6.20 Å². The molecule has 0 spiro atoms. The smallest absolute Gasteiger partial charge is 0.154 e. The Hall–Kier alpha value is -4.33. The summed E-state index contributed by atoms with van der Waals surface area (Å²) in [5.41, 5.74) is 8.06. The molecule has 0 saturated carbocycles. The number of hydrogen-bond acceptors (Lipinski definition) is 5. The van der Waals surface area contributed by atoms with Crippen LogP contribution in [0.25, 0.3) is 11.1 Å². The van der Waals surface area contributed by atoms with Crippen LogP contribution in [-0.2, 0) is 0 Å². The fraction of sp³-hybridized carbons (Fsp3) is 0.121. The number of fused-ring (bicyclic) bond motifs is 3. The van der Waals surface area contributed by atoms with E-state index in [-0.39, 0.29) is 6.17 Å². The highest BCUT2D eigenvalue weighted by molar-refractivity contribution is 6.00. The van der Waals surface area contributed by atoms with Crippen molar-refractivity contribution < 1.29 is 0 Å². The number of nitrogens with one attached hydrogen (secondary N) is 2. The first-order valence-electron chi connectivity index (χ1n) is 13.4. The number of rotatable bonds is 5. The van der Waals surface area contributed by atoms with Gasteiger partial charge in [-0.1, -0.05) is 48.5 Å². The summed E-state index contributed by atoms with van der Waals surface area (Å²) in [6.45, 7) is 1.97. The summed E-state index contributed by atoms with van der Waals surface area (Å²) in [5.74, 6) is 0. The van der Waals surface area contributed by atoms with Crippen LogP contribution >= 0.6 is 0 Å². The Balaban J connectivity index is 1.34. The summed E-state index contributed by atoms with van der Waals surface area (Å²) in [5, 5.41) is 21.9. The molecular weight excluding hydrogens is 482 g/mol. The third-order valence-electron chi connectivity index (χ3n) is 7.67. The first kappa shape index (κ1) is 23.8. The standard InChI is InChI=1S/C33H29N5O/c39-38(28-15-12-24(13-16-28)33-35-19-7-20-36-33)31-17-14-27(22-29(31)30-23-34-21-18-32(30)38)37(25-8-3-1-4-9-25)26-10-5-2-6-11-26/h1-6,8-18,21-23,33,35-36H,7,19-20H2. The summed E-state index contributed by atoms with van der Waals surface area (Å²) >= 11 is 0. The van der Waals surface area contributed by atoms with E-state index in [9.17, 15) is 5.21 Å². The Morgan fingerprint density at radius 1 is 0.692 bits per heavy atom. The van der Waals surface area contributed by atoms with Gasteiger partial charge >= 0.3 is 0 Å². The van der Waals surface area contributed by atoms with E-state index in [1.165, 1.54) is 0 Å². The third kappa shape index (κ3) is 4.02. The van der Waals surface area contributed by atoms with Crippen molar-refractivity contribution in [2.24, 2.45) is 0 Å². The average Bonchev–Trinajstić information content (AvgIpc) is 3.27. The molecule has 2 N–H and O–H groups in total. The molecule has 39 heavy (non-hydrogen) atoms. The summed E-state index contributed by atoms with van der Waals surface area (Å²) < 4.78 is -0.643. The molecule has 2 aliphatic heterocycles. The minimum Gasteiger partial charge on any atom is -0.616 e. The Kier molecular flexibility index (Phi) is 5.95. The van der Waals surface area contributed by atoms with Gasteiger partial charge in [-0.2, -0.15) is 0 Å². The molecule has 1 atom stereocenters. The van der Waals surface area contributed by atoms with Gasteiger partial charge < -0.3 is 10.1 Å². The second-order valence-corrected chi connectivity index (χ2v) is 10.00. The van der Waals surface area contributed by atoms with E-state index in [0.29, 0.717) is 17.1 Å². The first-order valence-corrected chi connectivity index (χ1v) is 13.4. The van der Waals surface area contributed by atoms with E-state index >= 15 is 0 Å². The van der Waals surface area contributed by atoms with Gasteiger partial charge in [-0.25, -0.2) is 0 Å². The molecule has 1 aromatic heterocycles. The molecule has 6 nitrogen and oxygen atoms in total. The van der Waals surface area contributed by atoms with Crippen molar-refractivity contribution in [1.82, 2.24) is 20.3 Å². The zero-order valence-corrected chi connectivity index (χ0v) is 21.5. The number of benzene rings is 4. The van der Waals surface area contributed by atoms with E-state index in [2.05, 4.69) is 63.0 Å². The van der Waals surface area contributed by atoms with Gasteiger partial charge in [0.2, 0.25) is 0 Å². The SMILES string of the molecule is [O-][N+]1(c2ccc(C3NCCCN3)cc2)c2ccncc2-c2cc(N(c3ccccc3)c3ccccc3)ccc21. The van der Waals surface area contributed by atoms with Gasteiger partial charge in [0.1, 0.15) is 5.69 Å². The fourth-order valence-corrected chi connectivity index (χ4v) is 5.80. The van der Waals surface area contributed by atoms with Gasteiger partial charge in [-0.15, -0.1) is 0 Å². The lowest BCUT2D eigenvalue weighted by Gasteiger charge is -2.38. The number of para-hydroxylation sites is 2. The summed E-state index contributed by atoms with van der Waals surface area (Å²) in [6, 6.07) is 36.7. The van der Waals surface area contributed by atoms with Crippen LogP contribution in [0.2, 0.25) is 0 Å². The van der Waals surface area contributed by atoms with E-state index in [0.717, 1.165) is 53.3 Å². The quantitative estimate of drug-likeness (QED) is 0.188. The summed E-state index contributed by atoms with van der Waals surface area (Å²) in [4.78, 5) is 6.62. The maximum atomic E-state index is 14.9. The largest absolute Gasteiger partial charge is 0.616 e. The van der Waals surface area contributed by atoms with Crippen molar-refractivity contribution in [3.8, 4) is 11.1 Å². The van der Waals surface area contributed by atoms with Crippen molar-refractivity contribution >= 4 is 34.1 Å². The van der Waals surface area contributed by atoms with Crippen LogP contribution in [0.15, 0.2) is 122 Å². The molecule has 4 aromatic carbocycles. The summed E-state index contributed by atoms with van der Waals surface area (Å²) in [7, 11) is 0. The monoisotopic (exact) mass is 511 g/mol. The van der Waals surface area contributed by atoms with Gasteiger partial charge in [0.25, 0.3) is 0 Å². The lowest BCUT2D eigenvalue weighted by Crippen LogP contribution is -2.41. The van der Waals surface area contributed by atoms with Gasteiger partial charge in [0, 0.05) is 53.7 Å². The molecule has 192 valence electrons. The Labute approximate surface area is 228 Å². The highest BCUT2D eigenvalue weighted by atomic mass is 16.5. The molecule has 1 fully saturated rings. The first-order chi connectivity index (χ1) is 19.2. The van der Waals surface area contributed by atoms with Crippen LogP contribution in [0.4, 0.5) is 34.1 Å². The van der Waals surface area contributed by atoms with Crippen LogP contribution in [0.5, 0.6) is 0 Å². The van der Waals surface area contributed by atoms with Gasteiger partial charge in [-0.05, 0) is 61.5 Å². The molecule has 6 heteroatoms. The predicted molar refractivity (Wildman–Crippen MR) is 159 cm³/mol. The number of quaternary nitrogens is 1. The van der Waals surface area contributed by atoms with Crippen LogP contribution in [0, 0.1) is 5.21 Å². The van der Waals surface area contributed by atoms with Crippen molar-refractivity contribution in [3.63, 3.8) is 0 Å². The molecule has 5 aromatic rings. The van der Waals surface area contributed by atoms with E-state index < -0.39 is 4.65 Å². The molecule has 0 aliphatic carbocycles. The molecule has 7 rings (SSSR count). The summed E-state index contributed by atoms with van der Waals surface area (Å²) in [6.07, 6.45) is 4.75. The Bertz CT molecular complexity index is 1560. The molecule has 1 unspecified atom stereocenters. The second kappa shape index (κ2) is 9.76. The molecule has 2 aliphatic rings. The van der Waals surface area contributed by atoms with Crippen molar-refractivity contribution in [2.75, 3.05) is 18.0 Å². The van der Waals surface area contributed by atoms with Crippen molar-refractivity contribution in [3.05, 3.63) is 132 Å². The zero-order chi connectivity index (χ0) is 26.2. The maximum absolute atomic E-state index is 14.9. The van der Waals surface area contributed by atoms with Gasteiger partial charge in [-0.3, -0.25) is 20.3 Å². The minimum absolute atomic E-state index is 0.111. The number of pyridine rings is 1. The third-order valence-corrected chi connectivity index (χ3v) is 7.67. The highest BCUT2D eigenvalue weighted by Gasteiger charge is 2.40. The molecule has 3 heterocycles. The maximum Gasteiger partial charge on any atom is 0.154 e. The average molecular weight is 512 g/mol. The number of aromatic nitrogens is 1. The van der Waals surface area contributed by atoms with E-state index in [4.69, 9.17) is 0 Å². The zero-order valence-electron chi connectivity index (χ0n) is 21.5. The minimum atomic E-state index is -0.643. The van der Waals surface area contributed by atoms with Crippen LogP contribution in [0.1, 0.15) is 18.2 Å². The van der Waals surface area contributed by atoms with Crippen molar-refractivity contribution in [1.29, 1.82) is 0 Å². The molecule has 0 amide bonds. The Morgan fingerprint density at radius 3 is 2.00 bits per heavy atom. The number of anilines is 3. The van der Waals surface area contributed by atoms with Gasteiger partial charge in [0.15, 0.2) is 11.4 Å². The van der Waals surface area contributed by atoms with Crippen LogP contribution in [0.3, 0.4) is 0 Å². The topological polar surface area (TPSA) is 63.2 Å². The lowest BCUT2D eigenvalue weighted by atomic mass is 10.1. The van der Waals surface area contributed by atoms with Crippen LogP contribution in [-0.4, -0.2) is 18.1 Å². The number of hydrogen-bond donors (Lipinski definition) is 2. The highest BCUT2D eigenvalue weighted by Crippen LogP contribution is 2.57. The predicted octanol–water partition coefficient (Wildman–Crippen LogP) is 7.58. The number of nitrogens with zero attached hydrogens (tertiary/aromatic N) is 3. The lowest BCUT2D eigenvalue weighted by molar-refractivity contribution is 0.380. The molecular formula is C33H29N5O. The normalized spacial score (nSPS) is 18.4. The molecule has 0 radical (unpaired) electrons. The second-order valence-electron chi connectivity index (χ2n) is 10.00. The van der Waals surface area contributed by atoms with Crippen molar-refractivity contribution in [2.45, 2.75) is 12.6 Å². The van der Waals surface area contributed by atoms with Crippen LogP contribution < -0.4 is 20.2 Å². The molecule has 1 saturated heterocycles. The van der Waals surface area contributed by atoms with Gasteiger partial charge in [0.05, 0.1) is 17.3 Å². The van der Waals surface area contributed by atoms with E-state index in [1.807, 2.05) is 72.9 Å². The molecule has 0 bridgehead atoms. The fourth-order valence-electron chi connectivity index (χ4n) is 5.80.